The fraction of sp³-hybridized carbons (Fsp3) is 0.421. The van der Waals surface area contributed by atoms with Gasteiger partial charge in [0.25, 0.3) is 0 Å². The predicted octanol–water partition coefficient (Wildman–Crippen LogP) is 8.74. The standard InChI is InChI=1S/C38H46FNO6/c1-25(40-36(42)46-38(5,6)7)31-12-10-13-32(35(31)39)30-21-27(19-26-15-17-43-18-16-26)20-28(22-30)24-44-33-14-9-8-11-29(33)23-34(41)45-37(2,3)4/h8-14,19-22,25H,15-18,23-24H2,1-7H3,(H,40,42)/t25-/m1/s1. The average Bonchev–Trinajstić information content (AvgIpc) is 2.95. The third-order valence-electron chi connectivity index (χ3n) is 7.18. The number of carbonyl (C=O) groups excluding carboxylic acids is 2. The summed E-state index contributed by atoms with van der Waals surface area (Å²) in [6.07, 6.45) is 3.29. The maximum atomic E-state index is 16.2. The van der Waals surface area contributed by atoms with E-state index in [2.05, 4.69) is 11.4 Å². The normalized spacial score (nSPS) is 14.3. The molecule has 1 fully saturated rings. The molecule has 7 nitrogen and oxygen atoms in total. The maximum Gasteiger partial charge on any atom is 0.408 e. The Labute approximate surface area is 272 Å². The monoisotopic (exact) mass is 631 g/mol. The van der Waals surface area contributed by atoms with Gasteiger partial charge in [0, 0.05) is 16.7 Å². The number of ether oxygens (including phenoxy) is 4. The van der Waals surface area contributed by atoms with Gasteiger partial charge in [-0.15, -0.1) is 0 Å². The molecule has 3 aromatic carbocycles. The van der Waals surface area contributed by atoms with E-state index in [0.717, 1.165) is 29.5 Å². The Kier molecular flexibility index (Phi) is 11.3. The zero-order valence-corrected chi connectivity index (χ0v) is 28.0. The van der Waals surface area contributed by atoms with Gasteiger partial charge >= 0.3 is 12.1 Å². The number of carbonyl (C=O) groups is 2. The van der Waals surface area contributed by atoms with Crippen molar-refractivity contribution in [2.45, 2.75) is 91.6 Å². The van der Waals surface area contributed by atoms with E-state index in [-0.39, 0.29) is 19.0 Å². The van der Waals surface area contributed by atoms with Gasteiger partial charge < -0.3 is 24.3 Å². The SMILES string of the molecule is C[C@@H](NC(=O)OC(C)(C)C)c1cccc(-c2cc(C=C3CCOCC3)cc(COc3ccccc3CC(=O)OC(C)(C)C)c2)c1F. The van der Waals surface area contributed by atoms with Crippen LogP contribution in [0.25, 0.3) is 17.2 Å². The van der Waals surface area contributed by atoms with E-state index in [1.54, 1.807) is 45.9 Å². The average molecular weight is 632 g/mol. The molecule has 0 spiro atoms. The molecular formula is C38H46FNO6. The van der Waals surface area contributed by atoms with Gasteiger partial charge in [0.05, 0.1) is 25.7 Å². The minimum atomic E-state index is -0.668. The number of benzene rings is 3. The lowest BCUT2D eigenvalue weighted by molar-refractivity contribution is -0.153. The molecule has 1 N–H and O–H groups in total. The van der Waals surface area contributed by atoms with Crippen molar-refractivity contribution in [1.29, 1.82) is 0 Å². The van der Waals surface area contributed by atoms with E-state index >= 15 is 4.39 Å². The smallest absolute Gasteiger partial charge is 0.408 e. The molecular weight excluding hydrogens is 585 g/mol. The predicted molar refractivity (Wildman–Crippen MR) is 178 cm³/mol. The Morgan fingerprint density at radius 1 is 0.935 bits per heavy atom. The Balaban J connectivity index is 1.64. The minimum absolute atomic E-state index is 0.0838. The van der Waals surface area contributed by atoms with Gasteiger partial charge in [-0.05, 0) is 102 Å². The van der Waals surface area contributed by atoms with Gasteiger partial charge in [-0.2, -0.15) is 0 Å². The quantitative estimate of drug-likeness (QED) is 0.238. The van der Waals surface area contributed by atoms with Crippen molar-refractivity contribution in [3.05, 3.63) is 94.3 Å². The highest BCUT2D eigenvalue weighted by Gasteiger charge is 2.22. The number of rotatable bonds is 9. The van der Waals surface area contributed by atoms with E-state index in [4.69, 9.17) is 18.9 Å². The molecule has 0 bridgehead atoms. The van der Waals surface area contributed by atoms with E-state index in [1.807, 2.05) is 63.2 Å². The molecule has 1 saturated heterocycles. The van der Waals surface area contributed by atoms with Crippen molar-refractivity contribution >= 4 is 18.1 Å². The summed E-state index contributed by atoms with van der Waals surface area (Å²) in [5.74, 6) is -0.170. The molecule has 1 aliphatic rings. The number of nitrogens with one attached hydrogen (secondary N) is 1. The second kappa shape index (κ2) is 14.9. The summed E-state index contributed by atoms with van der Waals surface area (Å²) in [5.41, 5.74) is 3.96. The number of hydrogen-bond acceptors (Lipinski definition) is 6. The number of hydrogen-bond donors (Lipinski definition) is 1. The number of para-hydroxylation sites is 1. The van der Waals surface area contributed by atoms with Gasteiger partial charge in [0.1, 0.15) is 29.4 Å². The fourth-order valence-electron chi connectivity index (χ4n) is 5.21. The van der Waals surface area contributed by atoms with Crippen molar-refractivity contribution in [2.24, 2.45) is 0 Å². The number of amides is 1. The molecule has 1 atom stereocenters. The van der Waals surface area contributed by atoms with Crippen molar-refractivity contribution in [1.82, 2.24) is 5.32 Å². The molecule has 1 aliphatic heterocycles. The van der Waals surface area contributed by atoms with Crippen molar-refractivity contribution in [3.8, 4) is 16.9 Å². The summed E-state index contributed by atoms with van der Waals surface area (Å²) >= 11 is 0. The third kappa shape index (κ3) is 10.4. The number of esters is 1. The zero-order chi connectivity index (χ0) is 33.5. The summed E-state index contributed by atoms with van der Waals surface area (Å²) in [5, 5.41) is 2.74. The minimum Gasteiger partial charge on any atom is -0.489 e. The lowest BCUT2D eigenvalue weighted by atomic mass is 9.94. The van der Waals surface area contributed by atoms with Crippen LogP contribution in [0.15, 0.2) is 66.2 Å². The van der Waals surface area contributed by atoms with Crippen LogP contribution in [-0.4, -0.2) is 36.5 Å². The van der Waals surface area contributed by atoms with Gasteiger partial charge in [0.15, 0.2) is 0 Å². The highest BCUT2D eigenvalue weighted by molar-refractivity contribution is 5.74. The molecule has 4 rings (SSSR count). The van der Waals surface area contributed by atoms with Crippen LogP contribution in [0, 0.1) is 5.82 Å². The summed E-state index contributed by atoms with van der Waals surface area (Å²) in [6.45, 7) is 14.1. The molecule has 1 heterocycles. The maximum absolute atomic E-state index is 16.2. The Bertz CT molecular complexity index is 1560. The summed E-state index contributed by atoms with van der Waals surface area (Å²) in [6, 6.07) is 17.9. The van der Waals surface area contributed by atoms with Crippen LogP contribution in [0.2, 0.25) is 0 Å². The lowest BCUT2D eigenvalue weighted by Gasteiger charge is -2.22. The first-order valence-electron chi connectivity index (χ1n) is 15.8. The van der Waals surface area contributed by atoms with Gasteiger partial charge in [-0.3, -0.25) is 4.79 Å². The van der Waals surface area contributed by atoms with Crippen molar-refractivity contribution in [3.63, 3.8) is 0 Å². The van der Waals surface area contributed by atoms with Crippen molar-refractivity contribution in [2.75, 3.05) is 13.2 Å². The van der Waals surface area contributed by atoms with Gasteiger partial charge in [0.2, 0.25) is 0 Å². The molecule has 0 aromatic heterocycles. The van der Waals surface area contributed by atoms with E-state index in [0.29, 0.717) is 35.7 Å². The van der Waals surface area contributed by atoms with E-state index in [9.17, 15) is 9.59 Å². The molecule has 0 radical (unpaired) electrons. The second-order valence-electron chi connectivity index (χ2n) is 13.6. The van der Waals surface area contributed by atoms with Crippen LogP contribution in [-0.2, 0) is 32.0 Å². The molecule has 0 saturated carbocycles. The topological polar surface area (TPSA) is 83.1 Å². The molecule has 1 amide bonds. The van der Waals surface area contributed by atoms with Crippen LogP contribution in [0.4, 0.5) is 9.18 Å². The molecule has 3 aromatic rings. The second-order valence-corrected chi connectivity index (χ2v) is 13.6. The number of alkyl carbamates (subject to hydrolysis) is 1. The van der Waals surface area contributed by atoms with E-state index < -0.39 is 29.2 Å². The first-order chi connectivity index (χ1) is 21.7. The lowest BCUT2D eigenvalue weighted by Crippen LogP contribution is -2.34. The molecule has 8 heteroatoms. The zero-order valence-electron chi connectivity index (χ0n) is 28.0. The molecule has 0 aliphatic carbocycles. The largest absolute Gasteiger partial charge is 0.489 e. The van der Waals surface area contributed by atoms with Crippen LogP contribution in [0.5, 0.6) is 5.75 Å². The van der Waals surface area contributed by atoms with Gasteiger partial charge in [-0.25, -0.2) is 9.18 Å². The Hall–Kier alpha value is -4.17. The molecule has 46 heavy (non-hydrogen) atoms. The van der Waals surface area contributed by atoms with E-state index in [1.165, 1.54) is 5.57 Å². The highest BCUT2D eigenvalue weighted by Crippen LogP contribution is 2.32. The number of halogens is 1. The summed E-state index contributed by atoms with van der Waals surface area (Å²) < 4.78 is 38.8. The first kappa shape index (κ1) is 34.7. The molecule has 0 unspecified atom stereocenters. The Morgan fingerprint density at radius 3 is 2.33 bits per heavy atom. The Morgan fingerprint density at radius 2 is 1.63 bits per heavy atom. The third-order valence-corrected chi connectivity index (χ3v) is 7.18. The van der Waals surface area contributed by atoms with Crippen molar-refractivity contribution < 1.29 is 32.9 Å². The van der Waals surface area contributed by atoms with Crippen LogP contribution >= 0.6 is 0 Å². The van der Waals surface area contributed by atoms with Crippen LogP contribution in [0.1, 0.15) is 89.6 Å². The van der Waals surface area contributed by atoms with Gasteiger partial charge in [-0.1, -0.05) is 48.0 Å². The highest BCUT2D eigenvalue weighted by atomic mass is 19.1. The van der Waals surface area contributed by atoms with Crippen LogP contribution in [0.3, 0.4) is 0 Å². The summed E-state index contributed by atoms with van der Waals surface area (Å²) in [4.78, 5) is 25.0. The van der Waals surface area contributed by atoms with Crippen LogP contribution < -0.4 is 10.1 Å². The summed E-state index contributed by atoms with van der Waals surface area (Å²) in [7, 11) is 0. The molecule has 246 valence electrons. The first-order valence-corrected chi connectivity index (χ1v) is 15.8. The fourth-order valence-corrected chi connectivity index (χ4v) is 5.21.